The van der Waals surface area contributed by atoms with E-state index in [4.69, 9.17) is 0 Å². The largest absolute Gasteiger partial charge is 0.378 e. The molecule has 0 spiro atoms. The number of rotatable bonds is 8. The van der Waals surface area contributed by atoms with Crippen LogP contribution in [0.4, 0.5) is 10.5 Å². The number of urea groups is 1. The monoisotopic (exact) mass is 472 g/mol. The van der Waals surface area contributed by atoms with E-state index in [-0.39, 0.29) is 24.4 Å². The molecule has 0 unspecified atom stereocenters. The Bertz CT molecular complexity index is 1080. The van der Waals surface area contributed by atoms with Gasteiger partial charge in [0.05, 0.1) is 6.54 Å². The summed E-state index contributed by atoms with van der Waals surface area (Å²) < 4.78 is 0. The van der Waals surface area contributed by atoms with Gasteiger partial charge in [-0.3, -0.25) is 14.6 Å². The van der Waals surface area contributed by atoms with Crippen molar-refractivity contribution >= 4 is 17.6 Å². The lowest BCUT2D eigenvalue weighted by atomic mass is 9.74. The minimum Gasteiger partial charge on any atom is -0.378 e. The fourth-order valence-electron chi connectivity index (χ4n) is 5.32. The summed E-state index contributed by atoms with van der Waals surface area (Å²) in [4.78, 5) is 32.4. The highest BCUT2D eigenvalue weighted by Crippen LogP contribution is 2.37. The van der Waals surface area contributed by atoms with E-state index in [0.717, 1.165) is 38.9 Å². The van der Waals surface area contributed by atoms with Crippen molar-refractivity contribution in [3.05, 3.63) is 65.7 Å². The van der Waals surface area contributed by atoms with Gasteiger partial charge in [-0.05, 0) is 74.9 Å². The van der Waals surface area contributed by atoms with Gasteiger partial charge in [-0.15, -0.1) is 5.92 Å². The van der Waals surface area contributed by atoms with Crippen LogP contribution in [0.25, 0.3) is 0 Å². The van der Waals surface area contributed by atoms with Gasteiger partial charge in [0, 0.05) is 26.3 Å². The third-order valence-electron chi connectivity index (χ3n) is 7.41. The van der Waals surface area contributed by atoms with Crippen LogP contribution in [0.15, 0.2) is 54.6 Å². The number of carbonyl (C=O) groups is 2. The highest BCUT2D eigenvalue weighted by atomic mass is 16.2. The van der Waals surface area contributed by atoms with Crippen LogP contribution in [0.1, 0.15) is 37.3 Å². The topological polar surface area (TPSA) is 55.9 Å². The molecule has 0 bridgehead atoms. The molecule has 2 saturated heterocycles. The Labute approximate surface area is 209 Å². The van der Waals surface area contributed by atoms with Crippen LogP contribution in [-0.4, -0.2) is 61.0 Å². The number of hydrogen-bond donors (Lipinski definition) is 1. The van der Waals surface area contributed by atoms with Gasteiger partial charge in [-0.25, -0.2) is 4.79 Å². The number of imide groups is 1. The molecule has 4 rings (SSSR count). The lowest BCUT2D eigenvalue weighted by molar-refractivity contribution is -0.134. The van der Waals surface area contributed by atoms with E-state index >= 15 is 0 Å². The summed E-state index contributed by atoms with van der Waals surface area (Å²) in [5, 5.41) is 3.14. The van der Waals surface area contributed by atoms with Gasteiger partial charge in [0.2, 0.25) is 0 Å². The highest BCUT2D eigenvalue weighted by Gasteiger charge is 2.55. The number of anilines is 1. The molecule has 2 aromatic carbocycles. The maximum absolute atomic E-state index is 13.7. The molecule has 6 nitrogen and oxygen atoms in total. The van der Waals surface area contributed by atoms with Crippen LogP contribution in [-0.2, 0) is 17.8 Å². The number of benzene rings is 2. The van der Waals surface area contributed by atoms with Gasteiger partial charge in [0.1, 0.15) is 5.54 Å². The van der Waals surface area contributed by atoms with E-state index in [2.05, 4.69) is 63.4 Å². The summed E-state index contributed by atoms with van der Waals surface area (Å²) >= 11 is 0. The predicted molar refractivity (Wildman–Crippen MR) is 140 cm³/mol. The Kier molecular flexibility index (Phi) is 7.77. The molecule has 0 aliphatic carbocycles. The zero-order chi connectivity index (χ0) is 24.8. The Morgan fingerprint density at radius 1 is 1.00 bits per heavy atom. The fourth-order valence-corrected chi connectivity index (χ4v) is 5.32. The van der Waals surface area contributed by atoms with Gasteiger partial charge < -0.3 is 10.2 Å². The van der Waals surface area contributed by atoms with Gasteiger partial charge in [0.15, 0.2) is 0 Å². The predicted octanol–water partition coefficient (Wildman–Crippen LogP) is 3.91. The Balaban J connectivity index is 1.46. The standard InChI is InChI=1S/C29H36N4O2/c1-4-5-19-33-27(34)29(30-28(33)35,18-15-23-9-7-6-8-10-23)25-16-20-32(21-17-25)22-24-11-13-26(14-12-24)31(2)3/h6-14,25H,15-22H2,1-3H3,(H,30,35)/t29-/m0/s1. The number of nitrogens with one attached hydrogen (secondary N) is 1. The van der Waals surface area contributed by atoms with E-state index in [1.807, 2.05) is 32.3 Å². The smallest absolute Gasteiger partial charge is 0.325 e. The number of hydrogen-bond acceptors (Lipinski definition) is 4. The van der Waals surface area contributed by atoms with Crippen LogP contribution in [0.5, 0.6) is 0 Å². The molecule has 0 aromatic heterocycles. The van der Waals surface area contributed by atoms with Gasteiger partial charge in [0.25, 0.3) is 5.91 Å². The van der Waals surface area contributed by atoms with Crippen LogP contribution < -0.4 is 10.2 Å². The molecule has 2 aliphatic rings. The Hall–Kier alpha value is -3.30. The average molecular weight is 473 g/mol. The summed E-state index contributed by atoms with van der Waals surface area (Å²) in [7, 11) is 4.10. The number of carbonyl (C=O) groups excluding carboxylic acids is 2. The number of nitrogens with zero attached hydrogens (tertiary/aromatic N) is 3. The van der Waals surface area contributed by atoms with Crippen LogP contribution in [0, 0.1) is 17.8 Å². The molecule has 1 N–H and O–H groups in total. The summed E-state index contributed by atoms with van der Waals surface area (Å²) in [5.41, 5.74) is 2.81. The number of piperidine rings is 1. The second kappa shape index (κ2) is 11.0. The van der Waals surface area contributed by atoms with E-state index in [1.165, 1.54) is 21.7 Å². The SMILES string of the molecule is CC#CCN1C(=O)N[C@@](CCc2ccccc2)(C2CCN(Cc3ccc(N(C)C)cc3)CC2)C1=O. The number of likely N-dealkylation sites (tertiary alicyclic amines) is 1. The highest BCUT2D eigenvalue weighted by molar-refractivity contribution is 6.07. The fraction of sp³-hybridized carbons (Fsp3) is 0.448. The second-order valence-corrected chi connectivity index (χ2v) is 9.82. The Morgan fingerprint density at radius 3 is 2.31 bits per heavy atom. The summed E-state index contributed by atoms with van der Waals surface area (Å²) in [6, 6.07) is 18.6. The third kappa shape index (κ3) is 5.52. The van der Waals surface area contributed by atoms with Crippen molar-refractivity contribution in [1.82, 2.24) is 15.1 Å². The van der Waals surface area contributed by atoms with E-state index in [0.29, 0.717) is 6.42 Å². The van der Waals surface area contributed by atoms with Crippen molar-refractivity contribution < 1.29 is 9.59 Å². The molecule has 1 atom stereocenters. The first-order valence-corrected chi connectivity index (χ1v) is 12.5. The first-order chi connectivity index (χ1) is 16.9. The van der Waals surface area contributed by atoms with E-state index in [9.17, 15) is 9.59 Å². The molecular formula is C29H36N4O2. The molecule has 2 aliphatic heterocycles. The third-order valence-corrected chi connectivity index (χ3v) is 7.41. The minimum atomic E-state index is -0.859. The van der Waals surface area contributed by atoms with Crippen molar-refractivity contribution in [3.63, 3.8) is 0 Å². The normalized spacial score (nSPS) is 20.9. The number of aryl methyl sites for hydroxylation is 1. The molecular weight excluding hydrogens is 436 g/mol. The van der Waals surface area contributed by atoms with Crippen molar-refractivity contribution in [2.75, 3.05) is 38.6 Å². The lowest BCUT2D eigenvalue weighted by Crippen LogP contribution is -2.56. The molecule has 0 saturated carbocycles. The van der Waals surface area contributed by atoms with Crippen molar-refractivity contribution in [3.8, 4) is 11.8 Å². The molecule has 2 aromatic rings. The van der Waals surface area contributed by atoms with Gasteiger partial charge >= 0.3 is 6.03 Å². The average Bonchev–Trinajstić information content (AvgIpc) is 3.12. The van der Waals surface area contributed by atoms with Crippen LogP contribution in [0.2, 0.25) is 0 Å². The van der Waals surface area contributed by atoms with Crippen LogP contribution >= 0.6 is 0 Å². The van der Waals surface area contributed by atoms with Crippen molar-refractivity contribution in [2.45, 2.75) is 44.7 Å². The summed E-state index contributed by atoms with van der Waals surface area (Å²) in [6.07, 6.45) is 3.11. The first kappa shape index (κ1) is 24.8. The van der Waals surface area contributed by atoms with E-state index < -0.39 is 5.54 Å². The molecule has 184 valence electrons. The van der Waals surface area contributed by atoms with Crippen molar-refractivity contribution in [1.29, 1.82) is 0 Å². The summed E-state index contributed by atoms with van der Waals surface area (Å²) in [6.45, 7) is 4.59. The molecule has 35 heavy (non-hydrogen) atoms. The maximum atomic E-state index is 13.7. The lowest BCUT2D eigenvalue weighted by Gasteiger charge is -2.41. The minimum absolute atomic E-state index is 0.106. The molecule has 3 amide bonds. The number of amides is 3. The van der Waals surface area contributed by atoms with Crippen LogP contribution in [0.3, 0.4) is 0 Å². The summed E-state index contributed by atoms with van der Waals surface area (Å²) in [5.74, 6) is 5.69. The quantitative estimate of drug-likeness (QED) is 0.468. The zero-order valence-electron chi connectivity index (χ0n) is 21.1. The van der Waals surface area contributed by atoms with Gasteiger partial charge in [-0.2, -0.15) is 0 Å². The maximum Gasteiger partial charge on any atom is 0.325 e. The van der Waals surface area contributed by atoms with Gasteiger partial charge in [-0.1, -0.05) is 48.4 Å². The zero-order valence-corrected chi connectivity index (χ0v) is 21.1. The molecule has 2 heterocycles. The Morgan fingerprint density at radius 2 is 1.69 bits per heavy atom. The first-order valence-electron chi connectivity index (χ1n) is 12.5. The second-order valence-electron chi connectivity index (χ2n) is 9.82. The molecule has 2 fully saturated rings. The molecule has 0 radical (unpaired) electrons. The van der Waals surface area contributed by atoms with E-state index in [1.54, 1.807) is 6.92 Å². The van der Waals surface area contributed by atoms with Crippen molar-refractivity contribution in [2.24, 2.45) is 5.92 Å². The molecule has 6 heteroatoms.